The molecule has 2 heteroatoms. The summed E-state index contributed by atoms with van der Waals surface area (Å²) in [4.78, 5) is 0. The van der Waals surface area contributed by atoms with E-state index in [1.807, 2.05) is 12.1 Å². The number of rotatable bonds is 6. The lowest BCUT2D eigenvalue weighted by molar-refractivity contribution is 0.453. The average molecular weight is 254 g/mol. The fourth-order valence-electron chi connectivity index (χ4n) is 2.09. The molecule has 0 aliphatic carbocycles. The first-order valence-corrected chi connectivity index (χ1v) is 6.82. The molecule has 0 aromatic heterocycles. The van der Waals surface area contributed by atoms with Gasteiger partial charge in [-0.05, 0) is 24.5 Å². The Hall–Kier alpha value is -1.64. The molecule has 100 valence electrons. The smallest absolute Gasteiger partial charge is 0.0232 e. The van der Waals surface area contributed by atoms with Crippen LogP contribution in [0.4, 0.5) is 0 Å². The van der Waals surface area contributed by atoms with Gasteiger partial charge in [0.2, 0.25) is 0 Å². The molecule has 0 spiro atoms. The van der Waals surface area contributed by atoms with E-state index < -0.39 is 0 Å². The molecule has 2 rings (SSSR count). The van der Waals surface area contributed by atoms with Crippen LogP contribution in [0.2, 0.25) is 0 Å². The second-order valence-electron chi connectivity index (χ2n) is 5.01. The minimum Gasteiger partial charge on any atom is -0.326 e. The number of benzene rings is 2. The van der Waals surface area contributed by atoms with Crippen LogP contribution in [0.15, 0.2) is 60.7 Å². The topological polar surface area (TPSA) is 38.0 Å². The van der Waals surface area contributed by atoms with Gasteiger partial charge in [-0.1, -0.05) is 60.7 Å². The van der Waals surface area contributed by atoms with E-state index in [1.165, 1.54) is 11.1 Å². The van der Waals surface area contributed by atoms with Crippen LogP contribution in [0.5, 0.6) is 0 Å². The van der Waals surface area contributed by atoms with Crippen LogP contribution < -0.4 is 11.1 Å². The van der Waals surface area contributed by atoms with Crippen LogP contribution in [0.3, 0.4) is 0 Å². The Balaban J connectivity index is 1.81. The van der Waals surface area contributed by atoms with Crippen molar-refractivity contribution in [1.29, 1.82) is 0 Å². The van der Waals surface area contributed by atoms with Gasteiger partial charge in [0.1, 0.15) is 0 Å². The van der Waals surface area contributed by atoms with E-state index in [9.17, 15) is 0 Å². The quantitative estimate of drug-likeness (QED) is 0.832. The SMILES string of the molecule is CC(NCc1ccccc1)C(N)Cc1ccccc1. The first-order chi connectivity index (χ1) is 9.25. The predicted molar refractivity (Wildman–Crippen MR) is 80.9 cm³/mol. The summed E-state index contributed by atoms with van der Waals surface area (Å²) in [7, 11) is 0. The molecule has 2 atom stereocenters. The Morgan fingerprint density at radius 1 is 0.895 bits per heavy atom. The van der Waals surface area contributed by atoms with Crippen LogP contribution >= 0.6 is 0 Å². The Bertz CT molecular complexity index is 467. The molecule has 2 aromatic carbocycles. The highest BCUT2D eigenvalue weighted by Gasteiger charge is 2.12. The van der Waals surface area contributed by atoms with Crippen LogP contribution in [-0.2, 0) is 13.0 Å². The Morgan fingerprint density at radius 3 is 2.00 bits per heavy atom. The summed E-state index contributed by atoms with van der Waals surface area (Å²) < 4.78 is 0. The highest BCUT2D eigenvalue weighted by atomic mass is 14.9. The molecular formula is C17H22N2. The van der Waals surface area contributed by atoms with Gasteiger partial charge in [-0.15, -0.1) is 0 Å². The molecule has 0 saturated heterocycles. The first kappa shape index (κ1) is 13.8. The van der Waals surface area contributed by atoms with E-state index in [0.29, 0.717) is 6.04 Å². The van der Waals surface area contributed by atoms with Crippen molar-refractivity contribution in [1.82, 2.24) is 5.32 Å². The third-order valence-corrected chi connectivity index (χ3v) is 3.43. The Labute approximate surface area is 115 Å². The summed E-state index contributed by atoms with van der Waals surface area (Å²) in [5.41, 5.74) is 8.84. The second-order valence-corrected chi connectivity index (χ2v) is 5.01. The Morgan fingerprint density at radius 2 is 1.42 bits per heavy atom. The maximum absolute atomic E-state index is 6.25. The van der Waals surface area contributed by atoms with Gasteiger partial charge in [-0.2, -0.15) is 0 Å². The van der Waals surface area contributed by atoms with Crippen molar-refractivity contribution in [3.05, 3.63) is 71.8 Å². The zero-order valence-electron chi connectivity index (χ0n) is 11.4. The van der Waals surface area contributed by atoms with Gasteiger partial charge >= 0.3 is 0 Å². The minimum atomic E-state index is 0.131. The van der Waals surface area contributed by atoms with Gasteiger partial charge in [0.25, 0.3) is 0 Å². The number of nitrogens with one attached hydrogen (secondary N) is 1. The van der Waals surface area contributed by atoms with E-state index in [-0.39, 0.29) is 6.04 Å². The van der Waals surface area contributed by atoms with E-state index >= 15 is 0 Å². The maximum Gasteiger partial charge on any atom is 0.0232 e. The summed E-state index contributed by atoms with van der Waals surface area (Å²) in [6, 6.07) is 21.2. The molecule has 0 aliphatic heterocycles. The largest absolute Gasteiger partial charge is 0.326 e. The van der Waals surface area contributed by atoms with Crippen molar-refractivity contribution in [3.63, 3.8) is 0 Å². The lowest BCUT2D eigenvalue weighted by atomic mass is 10.0. The molecule has 19 heavy (non-hydrogen) atoms. The zero-order chi connectivity index (χ0) is 13.5. The molecule has 2 aromatic rings. The van der Waals surface area contributed by atoms with Crippen molar-refractivity contribution < 1.29 is 0 Å². The van der Waals surface area contributed by atoms with Crippen molar-refractivity contribution in [2.45, 2.75) is 32.0 Å². The highest BCUT2D eigenvalue weighted by Crippen LogP contribution is 2.05. The van der Waals surface area contributed by atoms with E-state index in [2.05, 4.69) is 60.8 Å². The van der Waals surface area contributed by atoms with Crippen LogP contribution in [-0.4, -0.2) is 12.1 Å². The number of hydrogen-bond acceptors (Lipinski definition) is 2. The Kier molecular flexibility index (Phi) is 5.13. The molecule has 0 amide bonds. The summed E-state index contributed by atoms with van der Waals surface area (Å²) in [6.45, 7) is 3.01. The van der Waals surface area contributed by atoms with Crippen molar-refractivity contribution in [3.8, 4) is 0 Å². The minimum absolute atomic E-state index is 0.131. The third kappa shape index (κ3) is 4.51. The van der Waals surface area contributed by atoms with Crippen molar-refractivity contribution >= 4 is 0 Å². The lowest BCUT2D eigenvalue weighted by Gasteiger charge is -2.21. The molecule has 0 bridgehead atoms. The standard InChI is InChI=1S/C17H22N2/c1-14(19-13-16-10-6-3-7-11-16)17(18)12-15-8-4-2-5-9-15/h2-11,14,17,19H,12-13,18H2,1H3. The maximum atomic E-state index is 6.25. The summed E-state index contributed by atoms with van der Waals surface area (Å²) >= 11 is 0. The van der Waals surface area contributed by atoms with Gasteiger partial charge in [0, 0.05) is 18.6 Å². The van der Waals surface area contributed by atoms with E-state index in [4.69, 9.17) is 5.73 Å². The van der Waals surface area contributed by atoms with E-state index in [0.717, 1.165) is 13.0 Å². The number of hydrogen-bond donors (Lipinski definition) is 2. The molecule has 0 radical (unpaired) electrons. The van der Waals surface area contributed by atoms with E-state index in [1.54, 1.807) is 0 Å². The molecule has 0 fully saturated rings. The van der Waals surface area contributed by atoms with Gasteiger partial charge in [-0.25, -0.2) is 0 Å². The molecule has 0 saturated carbocycles. The molecular weight excluding hydrogens is 232 g/mol. The number of nitrogens with two attached hydrogens (primary N) is 1. The fourth-order valence-corrected chi connectivity index (χ4v) is 2.09. The van der Waals surface area contributed by atoms with Crippen molar-refractivity contribution in [2.75, 3.05) is 0 Å². The molecule has 0 aliphatic rings. The lowest BCUT2D eigenvalue weighted by Crippen LogP contribution is -2.43. The molecule has 2 unspecified atom stereocenters. The van der Waals surface area contributed by atoms with Crippen molar-refractivity contribution in [2.24, 2.45) is 5.73 Å². The highest BCUT2D eigenvalue weighted by molar-refractivity contribution is 5.17. The molecule has 0 heterocycles. The van der Waals surface area contributed by atoms with Gasteiger partial charge in [0.05, 0.1) is 0 Å². The van der Waals surface area contributed by atoms with Crippen LogP contribution in [0, 0.1) is 0 Å². The monoisotopic (exact) mass is 254 g/mol. The normalized spacial score (nSPS) is 14.0. The average Bonchev–Trinajstić information content (AvgIpc) is 2.47. The summed E-state index contributed by atoms with van der Waals surface area (Å²) in [5, 5.41) is 3.49. The van der Waals surface area contributed by atoms with Gasteiger partial charge in [0.15, 0.2) is 0 Å². The fraction of sp³-hybridized carbons (Fsp3) is 0.294. The zero-order valence-corrected chi connectivity index (χ0v) is 11.4. The first-order valence-electron chi connectivity index (χ1n) is 6.82. The van der Waals surface area contributed by atoms with Gasteiger partial charge in [-0.3, -0.25) is 0 Å². The van der Waals surface area contributed by atoms with Crippen LogP contribution in [0.1, 0.15) is 18.1 Å². The van der Waals surface area contributed by atoms with Crippen LogP contribution in [0.25, 0.3) is 0 Å². The summed E-state index contributed by atoms with van der Waals surface area (Å²) in [6.07, 6.45) is 0.907. The molecule has 2 nitrogen and oxygen atoms in total. The predicted octanol–water partition coefficient (Wildman–Crippen LogP) is 2.73. The molecule has 3 N–H and O–H groups in total. The third-order valence-electron chi connectivity index (χ3n) is 3.43. The summed E-state index contributed by atoms with van der Waals surface area (Å²) in [5.74, 6) is 0. The second kappa shape index (κ2) is 7.07. The van der Waals surface area contributed by atoms with Gasteiger partial charge < -0.3 is 11.1 Å².